The largest absolute Gasteiger partial charge is 0.489 e. The van der Waals surface area contributed by atoms with E-state index in [-0.39, 0.29) is 6.10 Å². The van der Waals surface area contributed by atoms with Gasteiger partial charge in [-0.25, -0.2) is 0 Å². The normalized spacial score (nSPS) is 25.6. The lowest BCUT2D eigenvalue weighted by molar-refractivity contribution is 0.0560. The van der Waals surface area contributed by atoms with Gasteiger partial charge in [0.2, 0.25) is 0 Å². The van der Waals surface area contributed by atoms with Crippen LogP contribution < -0.4 is 4.74 Å². The van der Waals surface area contributed by atoms with Crippen molar-refractivity contribution in [1.82, 2.24) is 0 Å². The van der Waals surface area contributed by atoms with Crippen molar-refractivity contribution in [2.24, 2.45) is 11.3 Å². The van der Waals surface area contributed by atoms with Gasteiger partial charge in [-0.2, -0.15) is 5.26 Å². The van der Waals surface area contributed by atoms with Gasteiger partial charge in [0, 0.05) is 4.47 Å². The molecule has 0 aromatic heterocycles. The molecule has 1 saturated carbocycles. The van der Waals surface area contributed by atoms with Crippen molar-refractivity contribution in [2.75, 3.05) is 0 Å². The topological polar surface area (TPSA) is 33.0 Å². The summed E-state index contributed by atoms with van der Waals surface area (Å²) < 4.78 is 7.06. The molecule has 0 bridgehead atoms. The molecule has 3 heteroatoms. The molecule has 19 heavy (non-hydrogen) atoms. The summed E-state index contributed by atoms with van der Waals surface area (Å²) in [5.74, 6) is 1.37. The summed E-state index contributed by atoms with van der Waals surface area (Å²) in [6.07, 6.45) is 3.58. The van der Waals surface area contributed by atoms with Crippen LogP contribution in [-0.4, -0.2) is 6.10 Å². The lowest BCUT2D eigenvalue weighted by atomic mass is 9.71. The van der Waals surface area contributed by atoms with Gasteiger partial charge >= 0.3 is 0 Å². The first-order valence-corrected chi connectivity index (χ1v) is 7.55. The lowest BCUT2D eigenvalue weighted by Gasteiger charge is -2.38. The van der Waals surface area contributed by atoms with Gasteiger partial charge in [0.1, 0.15) is 11.8 Å². The third-order valence-electron chi connectivity index (χ3n) is 3.70. The Balaban J connectivity index is 2.17. The highest BCUT2D eigenvalue weighted by Gasteiger charge is 2.33. The van der Waals surface area contributed by atoms with Gasteiger partial charge in [-0.1, -0.05) is 36.7 Å². The Morgan fingerprint density at radius 1 is 1.37 bits per heavy atom. The van der Waals surface area contributed by atoms with Crippen molar-refractivity contribution >= 4 is 15.9 Å². The second-order valence-corrected chi connectivity index (χ2v) is 7.32. The molecule has 1 aromatic rings. The molecule has 0 amide bonds. The molecule has 1 aliphatic carbocycles. The minimum atomic E-state index is 0.208. The fourth-order valence-corrected chi connectivity index (χ4v) is 3.55. The highest BCUT2D eigenvalue weighted by atomic mass is 79.9. The Morgan fingerprint density at radius 2 is 2.11 bits per heavy atom. The van der Waals surface area contributed by atoms with Gasteiger partial charge in [-0.05, 0) is 48.8 Å². The molecule has 1 aromatic carbocycles. The third-order valence-corrected chi connectivity index (χ3v) is 4.20. The monoisotopic (exact) mass is 321 g/mol. The van der Waals surface area contributed by atoms with E-state index < -0.39 is 0 Å². The first-order chi connectivity index (χ1) is 8.89. The number of hydrogen-bond acceptors (Lipinski definition) is 2. The van der Waals surface area contributed by atoms with Crippen molar-refractivity contribution in [3.63, 3.8) is 0 Å². The number of nitriles is 1. The van der Waals surface area contributed by atoms with Crippen molar-refractivity contribution in [1.29, 1.82) is 5.26 Å². The molecular weight excluding hydrogens is 302 g/mol. The molecule has 0 saturated heterocycles. The fourth-order valence-electron chi connectivity index (χ4n) is 3.21. The van der Waals surface area contributed by atoms with E-state index in [2.05, 4.69) is 42.8 Å². The van der Waals surface area contributed by atoms with E-state index in [1.54, 1.807) is 6.07 Å². The summed E-state index contributed by atoms with van der Waals surface area (Å²) in [5.41, 5.74) is 0.931. The van der Waals surface area contributed by atoms with Crippen LogP contribution >= 0.6 is 15.9 Å². The van der Waals surface area contributed by atoms with E-state index in [0.29, 0.717) is 22.6 Å². The summed E-state index contributed by atoms with van der Waals surface area (Å²) in [7, 11) is 0. The van der Waals surface area contributed by atoms with Crippen LogP contribution in [0.2, 0.25) is 0 Å². The van der Waals surface area contributed by atoms with E-state index in [9.17, 15) is 0 Å². The maximum absolute atomic E-state index is 9.15. The third kappa shape index (κ3) is 3.73. The zero-order valence-electron chi connectivity index (χ0n) is 11.7. The van der Waals surface area contributed by atoms with Crippen molar-refractivity contribution in [3.8, 4) is 11.8 Å². The van der Waals surface area contributed by atoms with E-state index in [0.717, 1.165) is 17.3 Å². The van der Waals surface area contributed by atoms with E-state index in [1.165, 1.54) is 6.42 Å². The van der Waals surface area contributed by atoms with Gasteiger partial charge in [0.25, 0.3) is 0 Å². The van der Waals surface area contributed by atoms with Crippen LogP contribution in [0.3, 0.4) is 0 Å². The first-order valence-electron chi connectivity index (χ1n) is 6.76. The SMILES string of the molecule is CC1CC(Oc2cc(Br)ccc2C#N)CC(C)(C)C1. The maximum atomic E-state index is 9.15. The molecule has 0 aliphatic heterocycles. The Labute approximate surface area is 123 Å². The van der Waals surface area contributed by atoms with Crippen LogP contribution in [0.15, 0.2) is 22.7 Å². The van der Waals surface area contributed by atoms with Crippen LogP contribution in [0.5, 0.6) is 5.75 Å². The number of benzene rings is 1. The Bertz CT molecular complexity index is 504. The molecule has 1 aliphatic rings. The standard InChI is InChI=1S/C16H20BrNO/c1-11-6-14(9-16(2,3)8-11)19-15-7-13(17)5-4-12(15)10-18/h4-5,7,11,14H,6,8-9H2,1-3H3. The van der Waals surface area contributed by atoms with Crippen molar-refractivity contribution < 1.29 is 4.74 Å². The zero-order chi connectivity index (χ0) is 14.0. The average molecular weight is 322 g/mol. The summed E-state index contributed by atoms with van der Waals surface area (Å²) in [5, 5.41) is 9.15. The van der Waals surface area contributed by atoms with Gasteiger partial charge in [0.15, 0.2) is 0 Å². The zero-order valence-corrected chi connectivity index (χ0v) is 13.3. The summed E-state index contributed by atoms with van der Waals surface area (Å²) in [6.45, 7) is 6.87. The van der Waals surface area contributed by atoms with E-state index >= 15 is 0 Å². The van der Waals surface area contributed by atoms with Crippen LogP contribution in [0.4, 0.5) is 0 Å². The summed E-state index contributed by atoms with van der Waals surface area (Å²) in [4.78, 5) is 0. The molecular formula is C16H20BrNO. The fraction of sp³-hybridized carbons (Fsp3) is 0.562. The van der Waals surface area contributed by atoms with Gasteiger partial charge in [0.05, 0.1) is 11.7 Å². The molecule has 102 valence electrons. The number of rotatable bonds is 2. The number of nitrogens with zero attached hydrogens (tertiary/aromatic N) is 1. The maximum Gasteiger partial charge on any atom is 0.138 e. The average Bonchev–Trinajstić information content (AvgIpc) is 2.26. The smallest absolute Gasteiger partial charge is 0.138 e. The molecule has 2 unspecified atom stereocenters. The second-order valence-electron chi connectivity index (χ2n) is 6.41. The van der Waals surface area contributed by atoms with Crippen molar-refractivity contribution in [3.05, 3.63) is 28.2 Å². The predicted octanol–water partition coefficient (Wildman–Crippen LogP) is 4.91. The van der Waals surface area contributed by atoms with E-state index in [1.807, 2.05) is 12.1 Å². The molecule has 0 heterocycles. The quantitative estimate of drug-likeness (QED) is 0.775. The summed E-state index contributed by atoms with van der Waals surface area (Å²) in [6, 6.07) is 7.77. The lowest BCUT2D eigenvalue weighted by Crippen LogP contribution is -2.34. The van der Waals surface area contributed by atoms with E-state index in [4.69, 9.17) is 10.00 Å². The molecule has 0 radical (unpaired) electrons. The summed E-state index contributed by atoms with van der Waals surface area (Å²) >= 11 is 3.44. The van der Waals surface area contributed by atoms with Gasteiger partial charge < -0.3 is 4.74 Å². The Hall–Kier alpha value is -1.01. The minimum Gasteiger partial charge on any atom is -0.489 e. The number of hydrogen-bond donors (Lipinski definition) is 0. The molecule has 2 rings (SSSR count). The van der Waals surface area contributed by atoms with Crippen molar-refractivity contribution in [2.45, 2.75) is 46.1 Å². The molecule has 0 spiro atoms. The van der Waals surface area contributed by atoms with Crippen LogP contribution in [0, 0.1) is 22.7 Å². The number of halogens is 1. The predicted molar refractivity (Wildman–Crippen MR) is 80.1 cm³/mol. The van der Waals surface area contributed by atoms with Gasteiger partial charge in [-0.15, -0.1) is 0 Å². The molecule has 2 atom stereocenters. The minimum absolute atomic E-state index is 0.208. The van der Waals surface area contributed by atoms with Crippen LogP contribution in [-0.2, 0) is 0 Å². The Kier molecular flexibility index (Phi) is 4.20. The van der Waals surface area contributed by atoms with Crippen LogP contribution in [0.25, 0.3) is 0 Å². The number of ether oxygens (including phenoxy) is 1. The molecule has 0 N–H and O–H groups in total. The van der Waals surface area contributed by atoms with Gasteiger partial charge in [-0.3, -0.25) is 0 Å². The van der Waals surface area contributed by atoms with Crippen LogP contribution in [0.1, 0.15) is 45.6 Å². The Morgan fingerprint density at radius 3 is 2.74 bits per heavy atom. The molecule has 2 nitrogen and oxygen atoms in total. The first kappa shape index (κ1) is 14.4. The molecule has 1 fully saturated rings. The highest BCUT2D eigenvalue weighted by molar-refractivity contribution is 9.10. The highest BCUT2D eigenvalue weighted by Crippen LogP contribution is 2.40. The second kappa shape index (κ2) is 5.54.